The summed E-state index contributed by atoms with van der Waals surface area (Å²) in [7, 11) is -3.86. The number of carbonyl (C=O) groups is 1. The third kappa shape index (κ3) is 6.20. The second kappa shape index (κ2) is 12.9. The molecule has 0 radical (unpaired) electrons. The lowest BCUT2D eigenvalue weighted by molar-refractivity contribution is -0.122. The molecule has 3 heterocycles. The van der Waals surface area contributed by atoms with Gasteiger partial charge < -0.3 is 10.1 Å². The third-order valence-corrected chi connectivity index (χ3v) is 11.2. The minimum Gasteiger partial charge on any atom is -0.472 e. The topological polar surface area (TPSA) is 119 Å². The number of ether oxygens (including phenoxy) is 1. The Bertz CT molecular complexity index is 1810. The van der Waals surface area contributed by atoms with E-state index in [1.54, 1.807) is 18.3 Å². The summed E-state index contributed by atoms with van der Waals surface area (Å²) in [6, 6.07) is 13.7. The summed E-state index contributed by atoms with van der Waals surface area (Å²) >= 11 is 0. The minimum atomic E-state index is -3.86. The molecule has 2 aromatic carbocycles. The van der Waals surface area contributed by atoms with Gasteiger partial charge in [0.2, 0.25) is 21.8 Å². The van der Waals surface area contributed by atoms with Crippen molar-refractivity contribution in [2.75, 3.05) is 6.54 Å². The summed E-state index contributed by atoms with van der Waals surface area (Å²) < 4.78 is 37.2. The van der Waals surface area contributed by atoms with Crippen molar-refractivity contribution >= 4 is 27.0 Å². The van der Waals surface area contributed by atoms with Crippen molar-refractivity contribution in [3.05, 3.63) is 76.5 Å². The van der Waals surface area contributed by atoms with E-state index in [4.69, 9.17) is 4.74 Å². The Morgan fingerprint density at radius 3 is 2.67 bits per heavy atom. The molecule has 1 amide bonds. The van der Waals surface area contributed by atoms with Crippen LogP contribution in [0.25, 0.3) is 11.0 Å². The van der Waals surface area contributed by atoms with E-state index in [9.17, 15) is 13.2 Å². The first-order valence-electron chi connectivity index (χ1n) is 16.0. The van der Waals surface area contributed by atoms with Gasteiger partial charge in [-0.1, -0.05) is 49.2 Å². The molecule has 0 spiro atoms. The first-order chi connectivity index (χ1) is 21.7. The number of aryl methyl sites for hydroxylation is 3. The van der Waals surface area contributed by atoms with Crippen LogP contribution < -0.4 is 10.1 Å². The molecule has 4 aromatic rings. The zero-order valence-electron chi connectivity index (χ0n) is 26.5. The van der Waals surface area contributed by atoms with Gasteiger partial charge in [-0.2, -0.15) is 4.31 Å². The summed E-state index contributed by atoms with van der Waals surface area (Å²) in [4.78, 5) is 17.8. The summed E-state index contributed by atoms with van der Waals surface area (Å²) in [5, 5.41) is 12.1. The van der Waals surface area contributed by atoms with Crippen molar-refractivity contribution in [3.63, 3.8) is 0 Å². The SMILES string of the molecule is CC[C@@H]1CN(Cc2cc([C@H](CC(=O)NC3CCCC3)c3ccc4c(nnn4CC)c3C)ccc2C)S(=O)(=O)c2cccnc2O1. The van der Waals surface area contributed by atoms with E-state index in [1.165, 1.54) is 4.31 Å². The Morgan fingerprint density at radius 2 is 1.91 bits per heavy atom. The Hall–Kier alpha value is -3.83. The van der Waals surface area contributed by atoms with Crippen molar-refractivity contribution in [2.45, 2.75) is 102 Å². The minimum absolute atomic E-state index is 0.0212. The van der Waals surface area contributed by atoms with Crippen molar-refractivity contribution in [2.24, 2.45) is 0 Å². The zero-order chi connectivity index (χ0) is 31.7. The maximum Gasteiger partial charge on any atom is 0.248 e. The monoisotopic (exact) mass is 630 g/mol. The van der Waals surface area contributed by atoms with Crippen LogP contribution in [0, 0.1) is 13.8 Å². The lowest BCUT2D eigenvalue weighted by Gasteiger charge is -2.25. The molecule has 1 saturated carbocycles. The maximum atomic E-state index is 13.9. The molecule has 1 aliphatic carbocycles. The number of benzene rings is 2. The highest BCUT2D eigenvalue weighted by Gasteiger charge is 2.35. The van der Waals surface area contributed by atoms with Crippen LogP contribution in [0.5, 0.6) is 5.88 Å². The van der Waals surface area contributed by atoms with Gasteiger partial charge in [-0.3, -0.25) is 4.79 Å². The zero-order valence-corrected chi connectivity index (χ0v) is 27.3. The largest absolute Gasteiger partial charge is 0.472 e. The summed E-state index contributed by atoms with van der Waals surface area (Å²) in [6.07, 6.45) is 6.46. The fraction of sp³-hybridized carbons (Fsp3) is 0.471. The summed E-state index contributed by atoms with van der Waals surface area (Å²) in [5.41, 5.74) is 6.63. The van der Waals surface area contributed by atoms with E-state index in [0.717, 1.165) is 64.5 Å². The first kappa shape index (κ1) is 31.2. The molecule has 1 aliphatic heterocycles. The van der Waals surface area contributed by atoms with Crippen LogP contribution in [0.3, 0.4) is 0 Å². The van der Waals surface area contributed by atoms with E-state index in [-0.39, 0.29) is 54.3 Å². The van der Waals surface area contributed by atoms with E-state index >= 15 is 0 Å². The molecule has 2 aromatic heterocycles. The van der Waals surface area contributed by atoms with Crippen molar-refractivity contribution in [3.8, 4) is 5.88 Å². The number of fused-ring (bicyclic) bond motifs is 2. The molecule has 1 N–H and O–H groups in total. The average Bonchev–Trinajstić information content (AvgIpc) is 3.68. The Labute approximate surface area is 265 Å². The third-order valence-electron chi connectivity index (χ3n) is 9.38. The number of nitrogens with one attached hydrogen (secondary N) is 1. The maximum absolute atomic E-state index is 13.9. The summed E-state index contributed by atoms with van der Waals surface area (Å²) in [5.74, 6) is -0.0799. The van der Waals surface area contributed by atoms with Crippen LogP contribution in [-0.4, -0.2) is 57.3 Å². The normalized spacial score (nSPS) is 19.2. The second-order valence-corrected chi connectivity index (χ2v) is 14.2. The molecule has 6 rings (SSSR count). The number of pyridine rings is 1. The van der Waals surface area contributed by atoms with E-state index < -0.39 is 10.0 Å². The van der Waals surface area contributed by atoms with Crippen LogP contribution in [0.15, 0.2) is 53.6 Å². The molecule has 238 valence electrons. The predicted molar refractivity (Wildman–Crippen MR) is 173 cm³/mol. The van der Waals surface area contributed by atoms with Gasteiger partial charge in [0.1, 0.15) is 16.5 Å². The molecule has 0 saturated heterocycles. The van der Waals surface area contributed by atoms with Gasteiger partial charge in [-0.15, -0.1) is 5.10 Å². The fourth-order valence-corrected chi connectivity index (χ4v) is 8.22. The van der Waals surface area contributed by atoms with E-state index in [0.29, 0.717) is 13.0 Å². The van der Waals surface area contributed by atoms with Crippen LogP contribution >= 0.6 is 0 Å². The van der Waals surface area contributed by atoms with Gasteiger partial charge in [0.05, 0.1) is 12.1 Å². The smallest absolute Gasteiger partial charge is 0.248 e. The van der Waals surface area contributed by atoms with E-state index in [2.05, 4.69) is 38.8 Å². The Morgan fingerprint density at radius 1 is 1.11 bits per heavy atom. The standard InChI is InChI=1S/C34H42N6O4S/c1-5-27-21-39(45(42,43)31-12-9-17-35-34(31)44-27)20-25-18-24(14-13-22(25)3)29(19-32(41)36-26-10-7-8-11-26)28-15-16-30-33(23(28)4)37-38-40(30)6-2/h9,12-18,26-27,29H,5-8,10-11,19-21H2,1-4H3,(H,36,41)/t27-,29+/m1/s1. The van der Waals surface area contributed by atoms with E-state index in [1.807, 2.05) is 44.5 Å². The van der Waals surface area contributed by atoms with Crippen LogP contribution in [0.4, 0.5) is 0 Å². The molecule has 11 heteroatoms. The predicted octanol–water partition coefficient (Wildman–Crippen LogP) is 5.41. The highest BCUT2D eigenvalue weighted by atomic mass is 32.2. The van der Waals surface area contributed by atoms with Crippen LogP contribution in [0.2, 0.25) is 0 Å². The van der Waals surface area contributed by atoms with Gasteiger partial charge in [0.15, 0.2) is 0 Å². The lowest BCUT2D eigenvalue weighted by atomic mass is 9.84. The Balaban J connectivity index is 1.38. The summed E-state index contributed by atoms with van der Waals surface area (Å²) in [6.45, 7) is 9.17. The number of rotatable bonds is 9. The van der Waals surface area contributed by atoms with Gasteiger partial charge in [0.25, 0.3) is 0 Å². The highest BCUT2D eigenvalue weighted by molar-refractivity contribution is 7.89. The van der Waals surface area contributed by atoms with Gasteiger partial charge >= 0.3 is 0 Å². The second-order valence-electron chi connectivity index (χ2n) is 12.3. The van der Waals surface area contributed by atoms with Crippen LogP contribution in [0.1, 0.15) is 86.1 Å². The van der Waals surface area contributed by atoms with Gasteiger partial charge in [0, 0.05) is 37.7 Å². The molecule has 10 nitrogen and oxygen atoms in total. The number of aromatic nitrogens is 4. The number of hydrogen-bond donors (Lipinski definition) is 1. The van der Waals surface area contributed by atoms with Crippen molar-refractivity contribution in [1.29, 1.82) is 0 Å². The van der Waals surface area contributed by atoms with Crippen LogP contribution in [-0.2, 0) is 27.9 Å². The number of nitrogens with zero attached hydrogens (tertiary/aromatic N) is 5. The fourth-order valence-electron chi connectivity index (χ4n) is 6.69. The average molecular weight is 631 g/mol. The quantitative estimate of drug-likeness (QED) is 0.263. The van der Waals surface area contributed by atoms with Gasteiger partial charge in [-0.25, -0.2) is 18.1 Å². The molecule has 2 atom stereocenters. The molecule has 2 aliphatic rings. The molecule has 0 bridgehead atoms. The molecular formula is C34H42N6O4S. The molecule has 1 fully saturated rings. The van der Waals surface area contributed by atoms with Crippen molar-refractivity contribution in [1.82, 2.24) is 29.6 Å². The number of hydrogen-bond acceptors (Lipinski definition) is 7. The number of carbonyl (C=O) groups excluding carboxylic acids is 1. The molecular weight excluding hydrogens is 588 g/mol. The van der Waals surface area contributed by atoms with Crippen molar-refractivity contribution < 1.29 is 17.9 Å². The lowest BCUT2D eigenvalue weighted by Crippen LogP contribution is -2.36. The molecule has 0 unspecified atom stereocenters. The number of amides is 1. The Kier molecular flexibility index (Phi) is 8.92. The first-order valence-corrected chi connectivity index (χ1v) is 17.5. The highest BCUT2D eigenvalue weighted by Crippen LogP contribution is 2.36. The molecule has 45 heavy (non-hydrogen) atoms. The number of sulfonamides is 1. The van der Waals surface area contributed by atoms with Gasteiger partial charge in [-0.05, 0) is 86.1 Å².